The molecule has 0 saturated carbocycles. The minimum atomic E-state index is -5.08. The Morgan fingerprint density at radius 2 is 1.83 bits per heavy atom. The lowest BCUT2D eigenvalue weighted by molar-refractivity contribution is -0.192. The number of carbonyl (C=O) groups is 3. The van der Waals surface area contributed by atoms with E-state index in [4.69, 9.17) is 20.7 Å². The maximum absolute atomic E-state index is 11.1. The molecule has 2 aromatic heterocycles. The number of nitrogens with two attached hydrogens (primary N) is 1. The second kappa shape index (κ2) is 6.72. The molecular weight excluding hydrogens is 325 g/mol. The first-order chi connectivity index (χ1) is 10.5. The molecule has 4 N–H and O–H groups in total. The van der Waals surface area contributed by atoms with Gasteiger partial charge >= 0.3 is 18.1 Å². The van der Waals surface area contributed by atoms with Crippen LogP contribution < -0.4 is 5.73 Å². The van der Waals surface area contributed by atoms with Gasteiger partial charge < -0.3 is 15.9 Å². The predicted molar refractivity (Wildman–Crippen MR) is 67.4 cm³/mol. The molecule has 0 fully saturated rings. The molecule has 12 heteroatoms. The summed E-state index contributed by atoms with van der Waals surface area (Å²) in [4.78, 5) is 34.4. The highest BCUT2D eigenvalue weighted by atomic mass is 19.4. The van der Waals surface area contributed by atoms with Gasteiger partial charge in [0.25, 0.3) is 5.91 Å². The first-order valence-electron chi connectivity index (χ1n) is 5.66. The van der Waals surface area contributed by atoms with E-state index in [1.54, 1.807) is 6.07 Å². The largest absolute Gasteiger partial charge is 0.490 e. The maximum atomic E-state index is 11.1. The zero-order chi connectivity index (χ0) is 17.8. The lowest BCUT2D eigenvalue weighted by atomic mass is 10.2. The van der Waals surface area contributed by atoms with Crippen molar-refractivity contribution in [2.45, 2.75) is 12.7 Å². The van der Waals surface area contributed by atoms with Crippen LogP contribution in [0, 0.1) is 0 Å². The number of carboxylic acid groups (broad SMARTS) is 2. The Bertz CT molecular complexity index is 756. The molecule has 0 saturated heterocycles. The highest BCUT2D eigenvalue weighted by molar-refractivity contribution is 6.03. The molecule has 2 heterocycles. The van der Waals surface area contributed by atoms with Crippen molar-refractivity contribution in [2.75, 3.05) is 0 Å². The maximum Gasteiger partial charge on any atom is 0.490 e. The van der Waals surface area contributed by atoms with Gasteiger partial charge in [0.05, 0.1) is 11.7 Å². The van der Waals surface area contributed by atoms with Crippen LogP contribution in [0.2, 0.25) is 0 Å². The van der Waals surface area contributed by atoms with Gasteiger partial charge in [-0.05, 0) is 6.07 Å². The summed E-state index contributed by atoms with van der Waals surface area (Å²) in [5.74, 6) is -4.50. The van der Waals surface area contributed by atoms with Gasteiger partial charge in [0.1, 0.15) is 6.54 Å². The molecule has 0 aromatic carbocycles. The number of pyridine rings is 1. The summed E-state index contributed by atoms with van der Waals surface area (Å²) < 4.78 is 32.9. The summed E-state index contributed by atoms with van der Waals surface area (Å²) in [5.41, 5.74) is 5.67. The van der Waals surface area contributed by atoms with Crippen LogP contribution in [0.5, 0.6) is 0 Å². The summed E-state index contributed by atoms with van der Waals surface area (Å²) in [6, 6.07) is 1.57. The van der Waals surface area contributed by atoms with E-state index in [-0.39, 0.29) is 12.2 Å². The molecule has 0 aliphatic rings. The van der Waals surface area contributed by atoms with Crippen molar-refractivity contribution in [3.05, 3.63) is 24.2 Å². The van der Waals surface area contributed by atoms with E-state index >= 15 is 0 Å². The third-order valence-electron chi connectivity index (χ3n) is 2.31. The van der Waals surface area contributed by atoms with E-state index in [1.807, 2.05) is 0 Å². The van der Waals surface area contributed by atoms with Crippen LogP contribution in [0.25, 0.3) is 10.9 Å². The van der Waals surface area contributed by atoms with Gasteiger partial charge in [-0.2, -0.15) is 18.3 Å². The summed E-state index contributed by atoms with van der Waals surface area (Å²) in [7, 11) is 0. The predicted octanol–water partition coefficient (Wildman–Crippen LogP) is 0.248. The van der Waals surface area contributed by atoms with E-state index in [2.05, 4.69) is 10.1 Å². The summed E-state index contributed by atoms with van der Waals surface area (Å²) in [6.07, 6.45) is -2.15. The molecule has 0 bridgehead atoms. The second-order valence-electron chi connectivity index (χ2n) is 3.96. The number of carboxylic acids is 2. The van der Waals surface area contributed by atoms with Crippen molar-refractivity contribution >= 4 is 28.7 Å². The third-order valence-corrected chi connectivity index (χ3v) is 2.31. The fourth-order valence-electron chi connectivity index (χ4n) is 1.45. The molecule has 0 aliphatic heterocycles. The number of aromatic nitrogens is 3. The Balaban J connectivity index is 0.000000322. The summed E-state index contributed by atoms with van der Waals surface area (Å²) >= 11 is 0. The monoisotopic (exact) mass is 334 g/mol. The molecule has 124 valence electrons. The number of primary amides is 1. The SMILES string of the molecule is NC(=O)c1nn(CC(=O)O)c2cnccc12.O=C(O)C(F)(F)F. The average molecular weight is 334 g/mol. The minimum absolute atomic E-state index is 0.0543. The molecule has 0 atom stereocenters. The van der Waals surface area contributed by atoms with Crippen molar-refractivity contribution in [3.63, 3.8) is 0 Å². The number of amides is 1. The van der Waals surface area contributed by atoms with E-state index in [0.29, 0.717) is 10.9 Å². The number of fused-ring (bicyclic) bond motifs is 1. The lowest BCUT2D eigenvalue weighted by Gasteiger charge is -1.96. The number of hydrogen-bond donors (Lipinski definition) is 3. The van der Waals surface area contributed by atoms with Gasteiger partial charge in [-0.1, -0.05) is 0 Å². The molecule has 0 radical (unpaired) electrons. The normalized spacial score (nSPS) is 10.7. The highest BCUT2D eigenvalue weighted by Gasteiger charge is 2.38. The second-order valence-corrected chi connectivity index (χ2v) is 3.96. The number of alkyl halides is 3. The Kier molecular flexibility index (Phi) is 5.22. The van der Waals surface area contributed by atoms with Crippen LogP contribution in [0.1, 0.15) is 10.5 Å². The van der Waals surface area contributed by atoms with Gasteiger partial charge in [-0.3, -0.25) is 19.3 Å². The number of rotatable bonds is 3. The molecular formula is C11H9F3N4O5. The highest BCUT2D eigenvalue weighted by Crippen LogP contribution is 2.16. The number of hydrogen-bond acceptors (Lipinski definition) is 5. The van der Waals surface area contributed by atoms with Crippen LogP contribution in [0.4, 0.5) is 13.2 Å². The van der Waals surface area contributed by atoms with Gasteiger partial charge in [0, 0.05) is 11.6 Å². The Hall–Kier alpha value is -3.18. The minimum Gasteiger partial charge on any atom is -0.480 e. The number of nitrogens with zero attached hydrogens (tertiary/aromatic N) is 3. The molecule has 0 aliphatic carbocycles. The zero-order valence-electron chi connectivity index (χ0n) is 11.1. The fraction of sp³-hybridized carbons (Fsp3) is 0.182. The van der Waals surface area contributed by atoms with Crippen LogP contribution >= 0.6 is 0 Å². The molecule has 1 amide bonds. The zero-order valence-corrected chi connectivity index (χ0v) is 11.1. The number of carbonyl (C=O) groups excluding carboxylic acids is 1. The van der Waals surface area contributed by atoms with E-state index in [9.17, 15) is 22.8 Å². The Labute approximate surface area is 125 Å². The van der Waals surface area contributed by atoms with Crippen LogP contribution in [0.15, 0.2) is 18.5 Å². The molecule has 0 unspecified atom stereocenters. The number of halogens is 3. The van der Waals surface area contributed by atoms with Crippen molar-refractivity contribution < 1.29 is 37.8 Å². The Morgan fingerprint density at radius 3 is 2.26 bits per heavy atom. The smallest absolute Gasteiger partial charge is 0.480 e. The Morgan fingerprint density at radius 1 is 1.26 bits per heavy atom. The van der Waals surface area contributed by atoms with E-state index in [0.717, 1.165) is 0 Å². The van der Waals surface area contributed by atoms with Gasteiger partial charge in [0.15, 0.2) is 5.69 Å². The summed E-state index contributed by atoms with van der Waals surface area (Å²) in [6.45, 7) is -0.338. The molecule has 23 heavy (non-hydrogen) atoms. The average Bonchev–Trinajstić information content (AvgIpc) is 2.77. The van der Waals surface area contributed by atoms with E-state index < -0.39 is 24.0 Å². The van der Waals surface area contributed by atoms with Crippen molar-refractivity contribution in [1.29, 1.82) is 0 Å². The van der Waals surface area contributed by atoms with Gasteiger partial charge in [-0.15, -0.1) is 0 Å². The fourth-order valence-corrected chi connectivity index (χ4v) is 1.45. The summed E-state index contributed by atoms with van der Waals surface area (Å²) in [5, 5.41) is 20.2. The molecule has 2 rings (SSSR count). The topological polar surface area (TPSA) is 148 Å². The first-order valence-corrected chi connectivity index (χ1v) is 5.66. The van der Waals surface area contributed by atoms with Gasteiger partial charge in [0.2, 0.25) is 0 Å². The van der Waals surface area contributed by atoms with Crippen LogP contribution in [-0.2, 0) is 16.1 Å². The molecule has 0 spiro atoms. The van der Waals surface area contributed by atoms with Crippen molar-refractivity contribution in [1.82, 2.24) is 14.8 Å². The number of aliphatic carboxylic acids is 2. The van der Waals surface area contributed by atoms with Crippen molar-refractivity contribution in [2.24, 2.45) is 5.73 Å². The lowest BCUT2D eigenvalue weighted by Crippen LogP contribution is -2.21. The molecule has 9 nitrogen and oxygen atoms in total. The van der Waals surface area contributed by atoms with E-state index in [1.165, 1.54) is 17.1 Å². The van der Waals surface area contributed by atoms with Gasteiger partial charge in [-0.25, -0.2) is 4.79 Å². The third kappa shape index (κ3) is 4.66. The van der Waals surface area contributed by atoms with Crippen molar-refractivity contribution in [3.8, 4) is 0 Å². The molecule has 2 aromatic rings. The van der Waals surface area contributed by atoms with Crippen LogP contribution in [-0.4, -0.2) is 49.0 Å². The van der Waals surface area contributed by atoms with Crippen LogP contribution in [0.3, 0.4) is 0 Å². The standard InChI is InChI=1S/C9H8N4O3.C2HF3O2/c10-9(16)8-5-1-2-11-3-6(5)13(12-8)4-7(14)15;3-2(4,5)1(6)7/h1-3H,4H2,(H2,10,16)(H,14,15);(H,6,7). The quantitative estimate of drug-likeness (QED) is 0.728. The first kappa shape index (κ1) is 17.9.